The number of benzene rings is 1. The Hall–Kier alpha value is -1.03. The first-order chi connectivity index (χ1) is 7.63. The number of hydrogen-bond donors (Lipinski definition) is 0. The largest absolute Gasteiger partial charge is 0.496 e. The normalized spacial score (nSPS) is 10.0. The molecule has 0 radical (unpaired) electrons. The van der Waals surface area contributed by atoms with Gasteiger partial charge in [-0.3, -0.25) is 4.79 Å². The fourth-order valence-electron chi connectivity index (χ4n) is 1.58. The number of hydrogen-bond acceptors (Lipinski definition) is 3. The highest BCUT2D eigenvalue weighted by Gasteiger charge is 2.14. The van der Waals surface area contributed by atoms with Crippen molar-refractivity contribution in [2.75, 3.05) is 14.2 Å². The molecule has 0 aliphatic rings. The van der Waals surface area contributed by atoms with Gasteiger partial charge in [-0.15, -0.1) is 0 Å². The van der Waals surface area contributed by atoms with E-state index in [4.69, 9.17) is 4.74 Å². The summed E-state index contributed by atoms with van der Waals surface area (Å²) in [7, 11) is 2.99. The highest BCUT2D eigenvalue weighted by Crippen LogP contribution is 2.27. The van der Waals surface area contributed by atoms with Crippen LogP contribution in [0, 0.1) is 6.92 Å². The quantitative estimate of drug-likeness (QED) is 0.631. The van der Waals surface area contributed by atoms with Crippen LogP contribution in [0.5, 0.6) is 5.75 Å². The van der Waals surface area contributed by atoms with Crippen molar-refractivity contribution in [1.29, 1.82) is 0 Å². The van der Waals surface area contributed by atoms with E-state index < -0.39 is 0 Å². The number of carbonyl (C=O) groups is 1. The van der Waals surface area contributed by atoms with Crippen molar-refractivity contribution in [2.24, 2.45) is 0 Å². The minimum atomic E-state index is -0.258. The molecule has 0 amide bonds. The highest BCUT2D eigenvalue weighted by atomic mass is 79.9. The number of alkyl halides is 1. The van der Waals surface area contributed by atoms with Crippen LogP contribution in [0.15, 0.2) is 12.1 Å². The highest BCUT2D eigenvalue weighted by molar-refractivity contribution is 9.08. The topological polar surface area (TPSA) is 35.5 Å². The van der Waals surface area contributed by atoms with Gasteiger partial charge in [0, 0.05) is 10.9 Å². The van der Waals surface area contributed by atoms with Gasteiger partial charge in [-0.25, -0.2) is 0 Å². The van der Waals surface area contributed by atoms with Crippen molar-refractivity contribution >= 4 is 21.9 Å². The monoisotopic (exact) mass is 286 g/mol. The van der Waals surface area contributed by atoms with E-state index in [2.05, 4.69) is 20.7 Å². The number of rotatable bonds is 4. The molecule has 0 fully saturated rings. The average Bonchev–Trinajstić information content (AvgIpc) is 2.29. The predicted octanol–water partition coefficient (Wildman–Crippen LogP) is 2.61. The van der Waals surface area contributed by atoms with Gasteiger partial charge < -0.3 is 9.47 Å². The van der Waals surface area contributed by atoms with Gasteiger partial charge in [0.2, 0.25) is 0 Å². The van der Waals surface area contributed by atoms with Crippen molar-refractivity contribution in [3.8, 4) is 5.75 Å². The van der Waals surface area contributed by atoms with Crippen LogP contribution in [-0.2, 0) is 21.3 Å². The maximum Gasteiger partial charge on any atom is 0.310 e. The summed E-state index contributed by atoms with van der Waals surface area (Å²) in [5.41, 5.74) is 3.12. The second-order valence-electron chi connectivity index (χ2n) is 3.43. The maximum atomic E-state index is 11.3. The summed E-state index contributed by atoms with van der Waals surface area (Å²) in [6, 6.07) is 3.86. The molecule has 1 rings (SSSR count). The summed E-state index contributed by atoms with van der Waals surface area (Å²) in [5.74, 6) is 0.469. The average molecular weight is 287 g/mol. The molecule has 0 aliphatic heterocycles. The molecule has 0 unspecified atom stereocenters. The molecule has 4 heteroatoms. The molecule has 0 spiro atoms. The Morgan fingerprint density at radius 3 is 2.50 bits per heavy atom. The maximum absolute atomic E-state index is 11.3. The summed E-state index contributed by atoms with van der Waals surface area (Å²) in [6.07, 6.45) is 0.238. The third-order valence-corrected chi connectivity index (χ3v) is 3.09. The zero-order valence-electron chi connectivity index (χ0n) is 9.67. The van der Waals surface area contributed by atoms with E-state index >= 15 is 0 Å². The number of aryl methyl sites for hydroxylation is 1. The molecular weight excluding hydrogens is 272 g/mol. The Bertz CT molecular complexity index is 388. The molecule has 1 aromatic carbocycles. The number of ether oxygens (including phenoxy) is 2. The molecule has 0 saturated carbocycles. The Balaban J connectivity index is 3.19. The lowest BCUT2D eigenvalue weighted by molar-refractivity contribution is -0.139. The van der Waals surface area contributed by atoms with Crippen LogP contribution in [0.3, 0.4) is 0 Å². The van der Waals surface area contributed by atoms with Crippen LogP contribution in [0.2, 0.25) is 0 Å². The molecule has 3 nitrogen and oxygen atoms in total. The lowest BCUT2D eigenvalue weighted by atomic mass is 10.00. The zero-order valence-corrected chi connectivity index (χ0v) is 11.3. The second-order valence-corrected chi connectivity index (χ2v) is 3.99. The Kier molecular flexibility index (Phi) is 4.80. The molecule has 0 atom stereocenters. The number of methoxy groups -OCH3 is 2. The predicted molar refractivity (Wildman–Crippen MR) is 66.1 cm³/mol. The summed E-state index contributed by atoms with van der Waals surface area (Å²) >= 11 is 3.43. The van der Waals surface area contributed by atoms with Crippen LogP contribution < -0.4 is 4.74 Å². The van der Waals surface area contributed by atoms with Crippen LogP contribution >= 0.6 is 15.9 Å². The third-order valence-electron chi connectivity index (χ3n) is 2.52. The Labute approximate surface area is 104 Å². The molecular formula is C12H15BrO3. The minimum absolute atomic E-state index is 0.238. The van der Waals surface area contributed by atoms with Crippen LogP contribution in [0.25, 0.3) is 0 Å². The first-order valence-electron chi connectivity index (χ1n) is 4.92. The molecule has 88 valence electrons. The van der Waals surface area contributed by atoms with E-state index in [1.165, 1.54) is 7.11 Å². The van der Waals surface area contributed by atoms with Gasteiger partial charge in [0.15, 0.2) is 0 Å². The molecule has 0 aromatic heterocycles. The van der Waals surface area contributed by atoms with Gasteiger partial charge in [-0.2, -0.15) is 0 Å². The van der Waals surface area contributed by atoms with Crippen LogP contribution in [0.1, 0.15) is 16.7 Å². The third kappa shape index (κ3) is 2.76. The van der Waals surface area contributed by atoms with E-state index in [0.29, 0.717) is 5.33 Å². The van der Waals surface area contributed by atoms with Crippen molar-refractivity contribution < 1.29 is 14.3 Å². The number of carbonyl (C=O) groups excluding carboxylic acids is 1. The fraction of sp³-hybridized carbons (Fsp3) is 0.417. The SMILES string of the molecule is COC(=O)Cc1c(OC)ccc(C)c1CBr. The Morgan fingerprint density at radius 2 is 2.00 bits per heavy atom. The van der Waals surface area contributed by atoms with E-state index in [1.807, 2.05) is 19.1 Å². The summed E-state index contributed by atoms with van der Waals surface area (Å²) < 4.78 is 9.94. The van der Waals surface area contributed by atoms with Gasteiger partial charge in [0.1, 0.15) is 5.75 Å². The minimum Gasteiger partial charge on any atom is -0.496 e. The zero-order chi connectivity index (χ0) is 12.1. The fourth-order valence-corrected chi connectivity index (χ4v) is 2.36. The number of halogens is 1. The van der Waals surface area contributed by atoms with Crippen LogP contribution in [0.4, 0.5) is 0 Å². The molecule has 1 aromatic rings. The summed E-state index contributed by atoms with van der Waals surface area (Å²) in [4.78, 5) is 11.3. The van der Waals surface area contributed by atoms with E-state index in [1.54, 1.807) is 7.11 Å². The smallest absolute Gasteiger partial charge is 0.310 e. The van der Waals surface area contributed by atoms with Crippen molar-refractivity contribution in [3.05, 3.63) is 28.8 Å². The summed E-state index contributed by atoms with van der Waals surface area (Å²) in [5, 5.41) is 0.697. The first-order valence-corrected chi connectivity index (χ1v) is 6.04. The lowest BCUT2D eigenvalue weighted by Crippen LogP contribution is -2.09. The molecule has 0 aliphatic carbocycles. The van der Waals surface area contributed by atoms with Crippen molar-refractivity contribution in [1.82, 2.24) is 0 Å². The Morgan fingerprint density at radius 1 is 1.31 bits per heavy atom. The van der Waals surface area contributed by atoms with Gasteiger partial charge in [-0.1, -0.05) is 22.0 Å². The first kappa shape index (κ1) is 13.0. The number of esters is 1. The molecule has 16 heavy (non-hydrogen) atoms. The van der Waals surface area contributed by atoms with E-state index in [9.17, 15) is 4.79 Å². The van der Waals surface area contributed by atoms with Crippen LogP contribution in [-0.4, -0.2) is 20.2 Å². The van der Waals surface area contributed by atoms with Gasteiger partial charge >= 0.3 is 5.97 Å². The van der Waals surface area contributed by atoms with Gasteiger partial charge in [-0.05, 0) is 24.1 Å². The van der Waals surface area contributed by atoms with Crippen molar-refractivity contribution in [3.63, 3.8) is 0 Å². The van der Waals surface area contributed by atoms with Gasteiger partial charge in [0.05, 0.1) is 20.6 Å². The molecule has 0 N–H and O–H groups in total. The molecule has 0 heterocycles. The van der Waals surface area contributed by atoms with E-state index in [-0.39, 0.29) is 12.4 Å². The lowest BCUT2D eigenvalue weighted by Gasteiger charge is -2.14. The van der Waals surface area contributed by atoms with Crippen molar-refractivity contribution in [2.45, 2.75) is 18.7 Å². The molecule has 0 bridgehead atoms. The summed E-state index contributed by atoms with van der Waals surface area (Å²) in [6.45, 7) is 2.01. The van der Waals surface area contributed by atoms with Gasteiger partial charge in [0.25, 0.3) is 0 Å². The molecule has 0 saturated heterocycles. The second kappa shape index (κ2) is 5.89. The standard InChI is InChI=1S/C12H15BrO3/c1-8-4-5-11(15-2)9(10(8)7-13)6-12(14)16-3/h4-5H,6-7H2,1-3H3. The van der Waals surface area contributed by atoms with E-state index in [0.717, 1.165) is 22.4 Å².